The number of aliphatic imine (C=N–C) groups is 1. The van der Waals surface area contributed by atoms with E-state index in [-0.39, 0.29) is 5.75 Å². The molecule has 2 nitrogen and oxygen atoms in total. The predicted octanol–water partition coefficient (Wildman–Crippen LogP) is 6.06. The van der Waals surface area contributed by atoms with E-state index in [2.05, 4.69) is 19.9 Å². The molecule has 0 bridgehead atoms. The van der Waals surface area contributed by atoms with Gasteiger partial charge < -0.3 is 5.11 Å². The van der Waals surface area contributed by atoms with Gasteiger partial charge in [-0.2, -0.15) is 0 Å². The second-order valence-electron chi connectivity index (χ2n) is 5.98. The van der Waals surface area contributed by atoms with Crippen molar-refractivity contribution in [2.75, 3.05) is 0 Å². The van der Waals surface area contributed by atoms with E-state index in [4.69, 9.17) is 4.99 Å². The number of rotatable bonds is 5. The lowest BCUT2D eigenvalue weighted by atomic mass is 10.0. The lowest BCUT2D eigenvalue weighted by Crippen LogP contribution is -2.03. The molecule has 3 aromatic carbocycles. The molecule has 0 atom stereocenters. The predicted molar refractivity (Wildman–Crippen MR) is 107 cm³/mol. The molecule has 0 radical (unpaired) electrons. The fraction of sp³-hybridized carbons (Fsp3) is 0.136. The molecule has 0 aliphatic heterocycles. The first kappa shape index (κ1) is 17.3. The van der Waals surface area contributed by atoms with Crippen LogP contribution in [0.1, 0.15) is 25.0 Å². The highest BCUT2D eigenvalue weighted by molar-refractivity contribution is 8.00. The molecule has 0 aromatic heterocycles. The van der Waals surface area contributed by atoms with Crippen molar-refractivity contribution in [3.63, 3.8) is 0 Å². The van der Waals surface area contributed by atoms with Gasteiger partial charge in [-0.1, -0.05) is 68.4 Å². The molecule has 0 aliphatic carbocycles. The normalized spacial score (nSPS) is 11.7. The molecular formula is C22H21NOS. The van der Waals surface area contributed by atoms with Crippen LogP contribution in [0.15, 0.2) is 88.8 Å². The fourth-order valence-corrected chi connectivity index (χ4v) is 3.47. The van der Waals surface area contributed by atoms with E-state index in [9.17, 15) is 5.11 Å². The molecule has 0 saturated carbocycles. The van der Waals surface area contributed by atoms with Gasteiger partial charge >= 0.3 is 0 Å². The van der Waals surface area contributed by atoms with Crippen LogP contribution in [0.5, 0.6) is 5.75 Å². The van der Waals surface area contributed by atoms with Crippen LogP contribution in [-0.2, 0) is 0 Å². The van der Waals surface area contributed by atoms with Crippen molar-refractivity contribution in [2.24, 2.45) is 4.99 Å². The van der Waals surface area contributed by atoms with E-state index in [1.54, 1.807) is 17.8 Å². The highest BCUT2D eigenvalue weighted by atomic mass is 32.2. The minimum Gasteiger partial charge on any atom is -0.507 e. The van der Waals surface area contributed by atoms with Gasteiger partial charge in [0, 0.05) is 21.3 Å². The molecule has 3 rings (SSSR count). The number of thioether (sulfide) groups is 1. The van der Waals surface area contributed by atoms with E-state index in [0.717, 1.165) is 27.4 Å². The molecular weight excluding hydrogens is 326 g/mol. The lowest BCUT2D eigenvalue weighted by molar-refractivity contribution is 0.474. The third-order valence-electron chi connectivity index (χ3n) is 3.67. The minimum atomic E-state index is 0.235. The Bertz CT molecular complexity index is 872. The van der Waals surface area contributed by atoms with Crippen molar-refractivity contribution in [1.29, 1.82) is 0 Å². The van der Waals surface area contributed by atoms with Crippen LogP contribution in [-0.4, -0.2) is 16.1 Å². The van der Waals surface area contributed by atoms with Crippen LogP contribution >= 0.6 is 11.8 Å². The van der Waals surface area contributed by atoms with Gasteiger partial charge in [0.1, 0.15) is 5.75 Å². The molecule has 0 fully saturated rings. The highest BCUT2D eigenvalue weighted by Gasteiger charge is 2.13. The van der Waals surface area contributed by atoms with Gasteiger partial charge in [0.2, 0.25) is 0 Å². The van der Waals surface area contributed by atoms with E-state index < -0.39 is 0 Å². The number of hydrogen-bond donors (Lipinski definition) is 1. The quantitative estimate of drug-likeness (QED) is 0.449. The smallest absolute Gasteiger partial charge is 0.124 e. The largest absolute Gasteiger partial charge is 0.507 e. The maximum Gasteiger partial charge on any atom is 0.124 e. The van der Waals surface area contributed by atoms with Crippen molar-refractivity contribution in [2.45, 2.75) is 24.0 Å². The van der Waals surface area contributed by atoms with E-state index in [0.29, 0.717) is 5.25 Å². The van der Waals surface area contributed by atoms with Crippen molar-refractivity contribution < 1.29 is 5.11 Å². The summed E-state index contributed by atoms with van der Waals surface area (Å²) in [5.74, 6) is 0.235. The van der Waals surface area contributed by atoms with Crippen molar-refractivity contribution in [3.8, 4) is 5.75 Å². The average Bonchev–Trinajstić information content (AvgIpc) is 2.62. The summed E-state index contributed by atoms with van der Waals surface area (Å²) in [5, 5.41) is 10.8. The number of benzene rings is 3. The molecule has 0 heterocycles. The van der Waals surface area contributed by atoms with Gasteiger partial charge in [-0.15, -0.1) is 11.8 Å². The molecule has 0 saturated heterocycles. The second kappa shape index (κ2) is 8.04. The SMILES string of the molecule is CC(C)Sc1ccccc1/N=C(\c1ccccc1)c1ccccc1O. The Morgan fingerprint density at radius 1 is 0.840 bits per heavy atom. The van der Waals surface area contributed by atoms with E-state index >= 15 is 0 Å². The second-order valence-corrected chi connectivity index (χ2v) is 7.60. The monoisotopic (exact) mass is 347 g/mol. The van der Waals surface area contributed by atoms with Gasteiger partial charge in [-0.05, 0) is 24.3 Å². The Morgan fingerprint density at radius 3 is 2.20 bits per heavy atom. The Hall–Kier alpha value is -2.52. The summed E-state index contributed by atoms with van der Waals surface area (Å²) in [7, 11) is 0. The van der Waals surface area contributed by atoms with Crippen LogP contribution in [0.2, 0.25) is 0 Å². The summed E-state index contributed by atoms with van der Waals surface area (Å²) < 4.78 is 0. The van der Waals surface area contributed by atoms with Crippen LogP contribution in [0.4, 0.5) is 5.69 Å². The summed E-state index contributed by atoms with van der Waals surface area (Å²) in [4.78, 5) is 6.09. The highest BCUT2D eigenvalue weighted by Crippen LogP contribution is 2.33. The van der Waals surface area contributed by atoms with Gasteiger partial charge in [0.05, 0.1) is 11.4 Å². The van der Waals surface area contributed by atoms with Gasteiger partial charge in [-0.3, -0.25) is 0 Å². The fourth-order valence-electron chi connectivity index (χ4n) is 2.57. The molecule has 0 spiro atoms. The zero-order chi connectivity index (χ0) is 17.6. The van der Waals surface area contributed by atoms with Gasteiger partial charge in [-0.25, -0.2) is 4.99 Å². The number of phenols is 1. The average molecular weight is 347 g/mol. The van der Waals surface area contributed by atoms with Crippen LogP contribution < -0.4 is 0 Å². The Morgan fingerprint density at radius 2 is 1.48 bits per heavy atom. The number of para-hydroxylation sites is 2. The first-order valence-corrected chi connectivity index (χ1v) is 9.21. The first-order chi connectivity index (χ1) is 12.1. The molecule has 0 amide bonds. The van der Waals surface area contributed by atoms with Crippen molar-refractivity contribution in [3.05, 3.63) is 90.0 Å². The molecule has 126 valence electrons. The number of nitrogens with zero attached hydrogens (tertiary/aromatic N) is 1. The molecule has 3 heteroatoms. The lowest BCUT2D eigenvalue weighted by Gasteiger charge is -2.12. The summed E-state index contributed by atoms with van der Waals surface area (Å²) in [6.07, 6.45) is 0. The van der Waals surface area contributed by atoms with Crippen LogP contribution in [0.25, 0.3) is 0 Å². The summed E-state index contributed by atoms with van der Waals surface area (Å²) in [5.41, 5.74) is 3.41. The molecule has 25 heavy (non-hydrogen) atoms. The minimum absolute atomic E-state index is 0.235. The summed E-state index contributed by atoms with van der Waals surface area (Å²) in [6.45, 7) is 4.35. The molecule has 0 unspecified atom stereocenters. The van der Waals surface area contributed by atoms with E-state index in [1.807, 2.05) is 66.7 Å². The van der Waals surface area contributed by atoms with Gasteiger partial charge in [0.25, 0.3) is 0 Å². The Balaban J connectivity index is 2.16. The Labute approximate surface area is 153 Å². The zero-order valence-electron chi connectivity index (χ0n) is 14.4. The topological polar surface area (TPSA) is 32.6 Å². The van der Waals surface area contributed by atoms with Crippen molar-refractivity contribution in [1.82, 2.24) is 0 Å². The Kier molecular flexibility index (Phi) is 5.56. The first-order valence-electron chi connectivity index (χ1n) is 8.33. The molecule has 3 aromatic rings. The van der Waals surface area contributed by atoms with Crippen LogP contribution in [0.3, 0.4) is 0 Å². The number of phenolic OH excluding ortho intramolecular Hbond substituents is 1. The third kappa shape index (κ3) is 4.31. The third-order valence-corrected chi connectivity index (χ3v) is 4.74. The maximum absolute atomic E-state index is 10.3. The zero-order valence-corrected chi connectivity index (χ0v) is 15.2. The summed E-state index contributed by atoms with van der Waals surface area (Å²) >= 11 is 1.79. The molecule has 1 N–H and O–H groups in total. The van der Waals surface area contributed by atoms with Crippen LogP contribution in [0, 0.1) is 0 Å². The summed E-state index contributed by atoms with van der Waals surface area (Å²) in [6, 6.07) is 25.5. The molecule has 0 aliphatic rings. The number of hydrogen-bond acceptors (Lipinski definition) is 3. The number of aromatic hydroxyl groups is 1. The van der Waals surface area contributed by atoms with Crippen molar-refractivity contribution >= 4 is 23.2 Å². The standard InChI is InChI=1S/C22H21NOS/c1-16(2)25-21-15-9-7-13-19(21)23-22(17-10-4-3-5-11-17)18-12-6-8-14-20(18)24/h3-16,24H,1-2H3/b23-22+. The maximum atomic E-state index is 10.3. The van der Waals surface area contributed by atoms with E-state index in [1.165, 1.54) is 0 Å². The van der Waals surface area contributed by atoms with Gasteiger partial charge in [0.15, 0.2) is 0 Å².